The first-order valence-corrected chi connectivity index (χ1v) is 5.52. The molecule has 0 aliphatic carbocycles. The molecule has 1 unspecified atom stereocenters. The molecule has 1 aromatic rings. The summed E-state index contributed by atoms with van der Waals surface area (Å²) in [5.41, 5.74) is 0.302. The molecule has 0 aliphatic heterocycles. The fourth-order valence-electron chi connectivity index (χ4n) is 1.54. The minimum Gasteiger partial charge on any atom is -0.465 e. The van der Waals surface area contributed by atoms with Crippen molar-refractivity contribution in [2.75, 3.05) is 25.6 Å². The normalized spacial score (nSPS) is 11.5. The van der Waals surface area contributed by atoms with Gasteiger partial charge in [0.15, 0.2) is 0 Å². The van der Waals surface area contributed by atoms with Crippen LogP contribution in [-0.4, -0.2) is 36.6 Å². The molecule has 6 heteroatoms. The molecule has 0 aliphatic rings. The molecule has 18 heavy (non-hydrogen) atoms. The van der Waals surface area contributed by atoms with E-state index in [-0.39, 0.29) is 5.92 Å². The van der Waals surface area contributed by atoms with Crippen LogP contribution in [0.25, 0.3) is 0 Å². The number of carbonyl (C=O) groups excluding carboxylic acids is 1. The molecule has 0 N–H and O–H groups in total. The van der Waals surface area contributed by atoms with Crippen LogP contribution in [0.1, 0.15) is 23.1 Å². The molecule has 0 radical (unpaired) electrons. The third-order valence-electron chi connectivity index (χ3n) is 2.42. The topological polar surface area (TPSA) is 79.1 Å². The third-order valence-corrected chi connectivity index (χ3v) is 2.42. The maximum atomic E-state index is 11.6. The molecule has 1 aromatic heterocycles. The highest BCUT2D eigenvalue weighted by molar-refractivity contribution is 5.94. The number of methoxy groups -OCH3 is 1. The van der Waals surface area contributed by atoms with Crippen molar-refractivity contribution in [2.45, 2.75) is 13.8 Å². The summed E-state index contributed by atoms with van der Waals surface area (Å²) in [5.74, 6) is 0.405. The number of anilines is 1. The molecule has 96 valence electrons. The Hall–Kier alpha value is -2.16. The average Bonchev–Trinajstić information content (AvgIpc) is 2.37. The van der Waals surface area contributed by atoms with Gasteiger partial charge >= 0.3 is 5.97 Å². The highest BCUT2D eigenvalue weighted by Crippen LogP contribution is 2.17. The van der Waals surface area contributed by atoms with Crippen molar-refractivity contribution in [3.05, 3.63) is 17.6 Å². The first-order valence-electron chi connectivity index (χ1n) is 5.52. The molecule has 1 atom stereocenters. The largest absolute Gasteiger partial charge is 0.465 e. The van der Waals surface area contributed by atoms with E-state index in [0.29, 0.717) is 23.8 Å². The lowest BCUT2D eigenvalue weighted by molar-refractivity contribution is 0.0600. The molecule has 0 spiro atoms. The average molecular weight is 248 g/mol. The second-order valence-corrected chi connectivity index (χ2v) is 4.06. The van der Waals surface area contributed by atoms with Gasteiger partial charge in [-0.15, -0.1) is 0 Å². The number of rotatable bonds is 4. The maximum Gasteiger partial charge on any atom is 0.343 e. The van der Waals surface area contributed by atoms with E-state index in [0.717, 1.165) is 0 Å². The van der Waals surface area contributed by atoms with Crippen LogP contribution < -0.4 is 4.90 Å². The number of nitrogens with zero attached hydrogens (tertiary/aromatic N) is 4. The molecule has 0 bridgehead atoms. The summed E-state index contributed by atoms with van der Waals surface area (Å²) in [4.78, 5) is 21.6. The zero-order chi connectivity index (χ0) is 13.7. The van der Waals surface area contributed by atoms with Crippen LogP contribution in [0.4, 0.5) is 5.82 Å². The Morgan fingerprint density at radius 2 is 2.33 bits per heavy atom. The Morgan fingerprint density at radius 1 is 1.67 bits per heavy atom. The summed E-state index contributed by atoms with van der Waals surface area (Å²) in [5, 5.41) is 8.81. The first kappa shape index (κ1) is 13.9. The zero-order valence-electron chi connectivity index (χ0n) is 11.0. The Morgan fingerprint density at radius 3 is 2.89 bits per heavy atom. The fraction of sp³-hybridized carbons (Fsp3) is 0.500. The van der Waals surface area contributed by atoms with E-state index in [9.17, 15) is 4.79 Å². The van der Waals surface area contributed by atoms with Crippen molar-refractivity contribution in [1.82, 2.24) is 9.97 Å². The summed E-state index contributed by atoms with van der Waals surface area (Å²) in [6.45, 7) is 4.03. The predicted octanol–water partition coefficient (Wildman–Crippen LogP) is 1.17. The van der Waals surface area contributed by atoms with E-state index in [2.05, 4.69) is 20.8 Å². The van der Waals surface area contributed by atoms with Gasteiger partial charge in [-0.2, -0.15) is 5.26 Å². The van der Waals surface area contributed by atoms with E-state index < -0.39 is 5.97 Å². The minimum absolute atomic E-state index is 0.157. The summed E-state index contributed by atoms with van der Waals surface area (Å²) in [7, 11) is 3.09. The number of ether oxygens (including phenoxy) is 1. The van der Waals surface area contributed by atoms with Crippen LogP contribution >= 0.6 is 0 Å². The van der Waals surface area contributed by atoms with Gasteiger partial charge in [0.1, 0.15) is 17.2 Å². The van der Waals surface area contributed by atoms with Crippen molar-refractivity contribution in [2.24, 2.45) is 5.92 Å². The van der Waals surface area contributed by atoms with E-state index in [1.807, 2.05) is 6.92 Å². The van der Waals surface area contributed by atoms with Crippen molar-refractivity contribution in [3.63, 3.8) is 0 Å². The number of aryl methyl sites for hydroxylation is 1. The number of hydrogen-bond donors (Lipinski definition) is 0. The minimum atomic E-state index is -0.485. The van der Waals surface area contributed by atoms with Crippen LogP contribution in [0.5, 0.6) is 0 Å². The summed E-state index contributed by atoms with van der Waals surface area (Å²) >= 11 is 0. The monoisotopic (exact) mass is 248 g/mol. The van der Waals surface area contributed by atoms with Gasteiger partial charge in [-0.3, -0.25) is 0 Å². The summed E-state index contributed by atoms with van der Waals surface area (Å²) < 4.78 is 4.69. The van der Waals surface area contributed by atoms with E-state index in [4.69, 9.17) is 5.26 Å². The van der Waals surface area contributed by atoms with E-state index in [1.165, 1.54) is 13.3 Å². The van der Waals surface area contributed by atoms with Crippen molar-refractivity contribution in [3.8, 4) is 6.07 Å². The number of nitriles is 1. The lowest BCUT2D eigenvalue weighted by Gasteiger charge is -2.21. The van der Waals surface area contributed by atoms with Crippen molar-refractivity contribution in [1.29, 1.82) is 5.26 Å². The predicted molar refractivity (Wildman–Crippen MR) is 66.2 cm³/mol. The van der Waals surface area contributed by atoms with Gasteiger partial charge in [-0.25, -0.2) is 14.8 Å². The second kappa shape index (κ2) is 5.96. The van der Waals surface area contributed by atoms with Crippen LogP contribution in [0, 0.1) is 24.2 Å². The van der Waals surface area contributed by atoms with Gasteiger partial charge in [0.05, 0.1) is 19.1 Å². The molecule has 1 heterocycles. The van der Waals surface area contributed by atoms with Crippen molar-refractivity contribution >= 4 is 11.8 Å². The molecule has 0 amide bonds. The molecule has 0 saturated carbocycles. The van der Waals surface area contributed by atoms with Gasteiger partial charge in [0, 0.05) is 19.8 Å². The van der Waals surface area contributed by atoms with Crippen LogP contribution in [0.2, 0.25) is 0 Å². The van der Waals surface area contributed by atoms with Crippen LogP contribution in [0.15, 0.2) is 6.20 Å². The number of hydrogen-bond acceptors (Lipinski definition) is 6. The Kier molecular flexibility index (Phi) is 4.60. The molecular formula is C12H16N4O2. The molecule has 6 nitrogen and oxygen atoms in total. The molecule has 0 aromatic carbocycles. The lowest BCUT2D eigenvalue weighted by Crippen LogP contribution is -2.27. The number of esters is 1. The Balaban J connectivity index is 3.09. The highest BCUT2D eigenvalue weighted by Gasteiger charge is 2.18. The van der Waals surface area contributed by atoms with Gasteiger partial charge in [0.2, 0.25) is 0 Å². The van der Waals surface area contributed by atoms with E-state index in [1.54, 1.807) is 18.9 Å². The number of aromatic nitrogens is 2. The van der Waals surface area contributed by atoms with Crippen LogP contribution in [-0.2, 0) is 4.74 Å². The van der Waals surface area contributed by atoms with Gasteiger partial charge < -0.3 is 9.64 Å². The summed E-state index contributed by atoms with van der Waals surface area (Å²) in [6, 6.07) is 2.14. The Labute approximate surface area is 106 Å². The van der Waals surface area contributed by atoms with Crippen LogP contribution in [0.3, 0.4) is 0 Å². The molecular weight excluding hydrogens is 232 g/mol. The Bertz CT molecular complexity index is 481. The van der Waals surface area contributed by atoms with Gasteiger partial charge in [-0.1, -0.05) is 0 Å². The standard InChI is InChI=1S/C12H16N4O2/c1-8(5-13)7-16(3)11-10(12(17)18-4)6-14-9(2)15-11/h6,8H,7H2,1-4H3. The quantitative estimate of drug-likeness (QED) is 0.744. The fourth-order valence-corrected chi connectivity index (χ4v) is 1.54. The summed E-state index contributed by atoms with van der Waals surface area (Å²) in [6.07, 6.45) is 1.44. The van der Waals surface area contributed by atoms with E-state index >= 15 is 0 Å². The molecule has 0 saturated heterocycles. The second-order valence-electron chi connectivity index (χ2n) is 4.06. The lowest BCUT2D eigenvalue weighted by atomic mass is 10.2. The van der Waals surface area contributed by atoms with Gasteiger partial charge in [-0.05, 0) is 13.8 Å². The zero-order valence-corrected chi connectivity index (χ0v) is 11.0. The number of carbonyl (C=O) groups is 1. The first-order chi connectivity index (χ1) is 8.49. The van der Waals surface area contributed by atoms with Crippen molar-refractivity contribution < 1.29 is 9.53 Å². The molecule has 0 fully saturated rings. The van der Waals surface area contributed by atoms with Gasteiger partial charge in [0.25, 0.3) is 0 Å². The smallest absolute Gasteiger partial charge is 0.343 e. The highest BCUT2D eigenvalue weighted by atomic mass is 16.5. The molecule has 1 rings (SSSR count). The maximum absolute atomic E-state index is 11.6. The third kappa shape index (κ3) is 3.17. The SMILES string of the molecule is COC(=O)c1cnc(C)nc1N(C)CC(C)C#N.